The van der Waals surface area contributed by atoms with Crippen molar-refractivity contribution in [2.24, 2.45) is 0 Å². The first-order valence-corrected chi connectivity index (χ1v) is 10.7. The van der Waals surface area contributed by atoms with Gasteiger partial charge in [-0.05, 0) is 45.4 Å². The lowest BCUT2D eigenvalue weighted by Crippen LogP contribution is -2.54. The SMILES string of the molecule is CC(=O)[O-].CCCCC[N+](CCCCC)(CCCCC)CC(O)CCl.Cl. The highest BCUT2D eigenvalue weighted by molar-refractivity contribution is 6.18. The molecule has 6 heteroatoms. The molecule has 1 unspecified atom stereocenters. The summed E-state index contributed by atoms with van der Waals surface area (Å²) in [5, 5.41) is 19.0. The van der Waals surface area contributed by atoms with Gasteiger partial charge in [-0.15, -0.1) is 24.0 Å². The molecule has 0 bridgehead atoms. The van der Waals surface area contributed by atoms with Crippen molar-refractivity contribution in [3.63, 3.8) is 0 Å². The van der Waals surface area contributed by atoms with Crippen LogP contribution < -0.4 is 5.11 Å². The van der Waals surface area contributed by atoms with Gasteiger partial charge in [0.2, 0.25) is 0 Å². The Labute approximate surface area is 173 Å². The molecule has 4 nitrogen and oxygen atoms in total. The van der Waals surface area contributed by atoms with Crippen LogP contribution in [0.25, 0.3) is 0 Å². The fourth-order valence-corrected chi connectivity index (χ4v) is 3.29. The van der Waals surface area contributed by atoms with Crippen LogP contribution in [-0.4, -0.2) is 53.7 Å². The summed E-state index contributed by atoms with van der Waals surface area (Å²) >= 11 is 5.88. The normalized spacial score (nSPS) is 11.9. The summed E-state index contributed by atoms with van der Waals surface area (Å²) in [6.45, 7) is 12.3. The van der Waals surface area contributed by atoms with Crippen molar-refractivity contribution in [1.82, 2.24) is 0 Å². The van der Waals surface area contributed by atoms with Crippen molar-refractivity contribution in [3.05, 3.63) is 0 Å². The number of aliphatic hydroxyl groups is 1. The maximum absolute atomic E-state index is 10.1. The number of carboxylic acid groups (broad SMARTS) is 1. The number of rotatable bonds is 15. The maximum atomic E-state index is 10.1. The Morgan fingerprint density at radius 2 is 1.23 bits per heavy atom. The molecule has 1 atom stereocenters. The van der Waals surface area contributed by atoms with E-state index in [2.05, 4.69) is 20.8 Å². The van der Waals surface area contributed by atoms with E-state index in [9.17, 15) is 5.11 Å². The van der Waals surface area contributed by atoms with Gasteiger partial charge in [-0.1, -0.05) is 40.0 Å². The number of carbonyl (C=O) groups is 1. The zero-order chi connectivity index (χ0) is 19.6. The summed E-state index contributed by atoms with van der Waals surface area (Å²) in [4.78, 5) is 8.89. The van der Waals surface area contributed by atoms with Crippen molar-refractivity contribution in [1.29, 1.82) is 0 Å². The summed E-state index contributed by atoms with van der Waals surface area (Å²) in [7, 11) is 0. The molecule has 0 aliphatic rings. The van der Waals surface area contributed by atoms with Crippen LogP contribution in [0.3, 0.4) is 0 Å². The van der Waals surface area contributed by atoms with Crippen LogP contribution in [0, 0.1) is 0 Å². The lowest BCUT2D eigenvalue weighted by atomic mass is 10.1. The molecule has 0 saturated heterocycles. The average Bonchev–Trinajstić information content (AvgIpc) is 2.55. The fraction of sp³-hybridized carbons (Fsp3) is 0.950. The minimum atomic E-state index is -1.08. The number of quaternary nitrogens is 1. The smallest absolute Gasteiger partial charge is 0.116 e. The topological polar surface area (TPSA) is 60.4 Å². The largest absolute Gasteiger partial charge is 0.550 e. The third kappa shape index (κ3) is 20.3. The molecule has 0 aromatic carbocycles. The van der Waals surface area contributed by atoms with Gasteiger partial charge < -0.3 is 19.5 Å². The second-order valence-electron chi connectivity index (χ2n) is 7.12. The van der Waals surface area contributed by atoms with Crippen LogP contribution in [0.1, 0.15) is 85.5 Å². The minimum absolute atomic E-state index is 0. The Kier molecular flexibility index (Phi) is 25.1. The van der Waals surface area contributed by atoms with Gasteiger partial charge in [-0.2, -0.15) is 0 Å². The average molecular weight is 416 g/mol. The minimum Gasteiger partial charge on any atom is -0.550 e. The van der Waals surface area contributed by atoms with E-state index in [1.807, 2.05) is 0 Å². The van der Waals surface area contributed by atoms with E-state index in [-0.39, 0.29) is 18.5 Å². The first kappa shape index (κ1) is 30.7. The fourth-order valence-electron chi connectivity index (χ4n) is 3.20. The molecule has 0 aliphatic heterocycles. The van der Waals surface area contributed by atoms with Crippen molar-refractivity contribution in [3.8, 4) is 0 Å². The van der Waals surface area contributed by atoms with Crippen molar-refractivity contribution in [2.45, 2.75) is 91.6 Å². The predicted molar refractivity (Wildman–Crippen MR) is 113 cm³/mol. The van der Waals surface area contributed by atoms with E-state index in [1.165, 1.54) is 77.4 Å². The number of aliphatic carboxylic acids is 1. The molecule has 0 amide bonds. The van der Waals surface area contributed by atoms with Gasteiger partial charge in [0.25, 0.3) is 0 Å². The molecule has 26 heavy (non-hydrogen) atoms. The van der Waals surface area contributed by atoms with Crippen LogP contribution in [0.2, 0.25) is 0 Å². The van der Waals surface area contributed by atoms with Crippen LogP contribution in [0.15, 0.2) is 0 Å². The summed E-state index contributed by atoms with van der Waals surface area (Å²) < 4.78 is 1.09. The molecule has 0 aromatic heterocycles. The van der Waals surface area contributed by atoms with Gasteiger partial charge in [0.15, 0.2) is 0 Å². The van der Waals surface area contributed by atoms with Gasteiger partial charge in [-0.3, -0.25) is 0 Å². The lowest BCUT2D eigenvalue weighted by molar-refractivity contribution is -0.931. The highest BCUT2D eigenvalue weighted by Crippen LogP contribution is 2.18. The van der Waals surface area contributed by atoms with E-state index in [1.54, 1.807) is 0 Å². The Bertz CT molecular complexity index is 274. The molecule has 0 radical (unpaired) electrons. The van der Waals surface area contributed by atoms with Crippen molar-refractivity contribution < 1.29 is 19.5 Å². The zero-order valence-corrected chi connectivity index (χ0v) is 19.0. The number of alkyl halides is 1. The first-order valence-electron chi connectivity index (χ1n) is 10.1. The molecule has 0 aliphatic carbocycles. The quantitative estimate of drug-likeness (QED) is 0.248. The van der Waals surface area contributed by atoms with E-state index in [4.69, 9.17) is 21.5 Å². The molecule has 0 saturated carbocycles. The molecule has 0 rings (SSSR count). The van der Waals surface area contributed by atoms with Crippen LogP contribution in [-0.2, 0) is 4.79 Å². The first-order chi connectivity index (χ1) is 11.9. The zero-order valence-electron chi connectivity index (χ0n) is 17.5. The van der Waals surface area contributed by atoms with Gasteiger partial charge in [0.1, 0.15) is 12.6 Å². The van der Waals surface area contributed by atoms with Crippen LogP contribution in [0.4, 0.5) is 0 Å². The molecular formula is C20H43Cl2NO3. The number of carbonyl (C=O) groups excluding carboxylic acids is 1. The van der Waals surface area contributed by atoms with E-state index < -0.39 is 5.97 Å². The molecular weight excluding hydrogens is 373 g/mol. The number of halogens is 2. The number of carboxylic acids is 1. The number of hydrogen-bond donors (Lipinski definition) is 1. The lowest BCUT2D eigenvalue weighted by Gasteiger charge is -2.40. The summed E-state index contributed by atoms with van der Waals surface area (Å²) in [6, 6.07) is 0. The monoisotopic (exact) mass is 415 g/mol. The summed E-state index contributed by atoms with van der Waals surface area (Å²) in [6.07, 6.45) is 11.2. The Hall–Kier alpha value is -0.0300. The molecule has 0 heterocycles. The van der Waals surface area contributed by atoms with Crippen molar-refractivity contribution >= 4 is 30.0 Å². The highest BCUT2D eigenvalue weighted by Gasteiger charge is 2.28. The van der Waals surface area contributed by atoms with Crippen LogP contribution >= 0.6 is 24.0 Å². The maximum Gasteiger partial charge on any atom is 0.116 e. The third-order valence-corrected chi connectivity index (χ3v) is 4.84. The van der Waals surface area contributed by atoms with Gasteiger partial charge in [0.05, 0.1) is 25.5 Å². The van der Waals surface area contributed by atoms with Crippen molar-refractivity contribution in [2.75, 3.05) is 32.1 Å². The Morgan fingerprint density at radius 3 is 1.46 bits per heavy atom. The molecule has 1 N–H and O–H groups in total. The second kappa shape index (κ2) is 21.3. The summed E-state index contributed by atoms with van der Waals surface area (Å²) in [5.74, 6) is -0.713. The van der Waals surface area contributed by atoms with Gasteiger partial charge in [-0.25, -0.2) is 0 Å². The predicted octanol–water partition coefficient (Wildman–Crippen LogP) is 4.15. The number of nitrogens with zero attached hydrogens (tertiary/aromatic N) is 1. The number of unbranched alkanes of at least 4 members (excludes halogenated alkanes) is 6. The molecule has 0 spiro atoms. The van der Waals surface area contributed by atoms with Gasteiger partial charge in [0, 0.05) is 5.97 Å². The van der Waals surface area contributed by atoms with Gasteiger partial charge >= 0.3 is 0 Å². The van der Waals surface area contributed by atoms with E-state index in [0.717, 1.165) is 18.0 Å². The Morgan fingerprint density at radius 1 is 0.923 bits per heavy atom. The standard InChI is InChI=1S/C18H39ClNO.C2H4O2.ClH/c1-4-7-10-13-20(14-11-8-5-2,15-12-9-6-3)17-18(21)16-19;1-2(3)4;/h18,21H,4-17H2,1-3H3;1H3,(H,3,4);1H/q+1;;/p-1. The van der Waals surface area contributed by atoms with E-state index in [0.29, 0.717) is 5.88 Å². The molecule has 0 fully saturated rings. The highest BCUT2D eigenvalue weighted by atomic mass is 35.5. The Balaban J connectivity index is -0.000000951. The third-order valence-electron chi connectivity index (χ3n) is 4.48. The number of hydrogen-bond acceptors (Lipinski definition) is 3. The van der Waals surface area contributed by atoms with E-state index >= 15 is 0 Å². The molecule has 0 aromatic rings. The summed E-state index contributed by atoms with van der Waals surface area (Å²) in [5.41, 5.74) is 0. The molecule has 160 valence electrons. The van der Waals surface area contributed by atoms with Crippen LogP contribution in [0.5, 0.6) is 0 Å². The number of aliphatic hydroxyl groups excluding tert-OH is 1. The second-order valence-corrected chi connectivity index (χ2v) is 7.42.